The van der Waals surface area contributed by atoms with E-state index in [1.165, 1.54) is 0 Å². The number of aromatic nitrogens is 3. The molecule has 1 unspecified atom stereocenters. The third-order valence-electron chi connectivity index (χ3n) is 1.83. The van der Waals surface area contributed by atoms with Gasteiger partial charge in [0.05, 0.1) is 0 Å². The van der Waals surface area contributed by atoms with Crippen LogP contribution in [-0.2, 0) is 4.79 Å². The maximum Gasteiger partial charge on any atom is 0.490 e. The first-order valence-corrected chi connectivity index (χ1v) is 4.34. The van der Waals surface area contributed by atoms with E-state index in [-0.39, 0.29) is 0 Å². The molecule has 0 aromatic carbocycles. The summed E-state index contributed by atoms with van der Waals surface area (Å²) >= 11 is 0. The molecule has 0 spiro atoms. The minimum Gasteiger partial charge on any atom is -0.480 e. The van der Waals surface area contributed by atoms with E-state index in [2.05, 4.69) is 10.1 Å². The summed E-state index contributed by atoms with van der Waals surface area (Å²) < 4.78 is 1.00. The molecule has 82 valence electrons. The zero-order valence-corrected chi connectivity index (χ0v) is 8.03. The van der Waals surface area contributed by atoms with E-state index < -0.39 is 22.9 Å². The molecule has 0 aliphatic carbocycles. The van der Waals surface area contributed by atoms with E-state index in [4.69, 9.17) is 5.11 Å². The van der Waals surface area contributed by atoms with Crippen LogP contribution < -0.4 is 0 Å². The van der Waals surface area contributed by atoms with Gasteiger partial charge < -0.3 is 15.2 Å². The molecule has 1 rings (SSSR count). The fourth-order valence-electron chi connectivity index (χ4n) is 1.14. The highest BCUT2D eigenvalue weighted by atomic mass is 16.6. The number of aliphatic carboxylic acids is 1. The lowest BCUT2D eigenvalue weighted by atomic mass is 10.2. The molecule has 8 nitrogen and oxygen atoms in total. The Morgan fingerprint density at radius 3 is 2.87 bits per heavy atom. The van der Waals surface area contributed by atoms with Gasteiger partial charge in [0.15, 0.2) is 6.04 Å². The fourth-order valence-corrected chi connectivity index (χ4v) is 1.14. The van der Waals surface area contributed by atoms with Gasteiger partial charge in [-0.15, -0.1) is 0 Å². The van der Waals surface area contributed by atoms with Gasteiger partial charge in [0.2, 0.25) is 6.33 Å². The van der Waals surface area contributed by atoms with Gasteiger partial charge >= 0.3 is 11.9 Å². The van der Waals surface area contributed by atoms with Crippen LogP contribution in [-0.4, -0.2) is 30.8 Å². The molecule has 0 saturated heterocycles. The Balaban J connectivity index is 2.91. The number of hydrogen-bond donors (Lipinski definition) is 1. The fraction of sp³-hybridized carbons (Fsp3) is 0.571. The Bertz CT molecular complexity index is 375. The standard InChI is InChI=1S/C7H10N4O4/c1-2-3-5(6(12)13)10-4-8-7(9-10)11(14)15/h4-5H,2-3H2,1H3,(H,12,13). The van der Waals surface area contributed by atoms with Crippen LogP contribution in [0.1, 0.15) is 25.8 Å². The van der Waals surface area contributed by atoms with E-state index in [1.54, 1.807) is 0 Å². The second kappa shape index (κ2) is 4.49. The predicted octanol–water partition coefficient (Wildman–Crippen LogP) is 0.612. The van der Waals surface area contributed by atoms with Crippen molar-refractivity contribution in [2.45, 2.75) is 25.8 Å². The van der Waals surface area contributed by atoms with Gasteiger partial charge in [0.1, 0.15) is 0 Å². The van der Waals surface area contributed by atoms with Crippen LogP contribution >= 0.6 is 0 Å². The summed E-state index contributed by atoms with van der Waals surface area (Å²) in [6, 6.07) is -0.892. The average molecular weight is 214 g/mol. The number of carboxylic acids is 1. The Kier molecular flexibility index (Phi) is 3.32. The van der Waals surface area contributed by atoms with Crippen LogP contribution in [0.25, 0.3) is 0 Å². The molecule has 1 atom stereocenters. The lowest BCUT2D eigenvalue weighted by Crippen LogP contribution is -2.19. The first kappa shape index (κ1) is 11.1. The second-order valence-electron chi connectivity index (χ2n) is 2.92. The summed E-state index contributed by atoms with van der Waals surface area (Å²) in [5, 5.41) is 22.6. The lowest BCUT2D eigenvalue weighted by Gasteiger charge is -2.06. The van der Waals surface area contributed by atoms with Crippen molar-refractivity contribution in [3.05, 3.63) is 16.4 Å². The number of hydrogen-bond acceptors (Lipinski definition) is 5. The smallest absolute Gasteiger partial charge is 0.480 e. The van der Waals surface area contributed by atoms with Gasteiger partial charge in [-0.1, -0.05) is 18.3 Å². The Labute approximate surface area is 84.7 Å². The quantitative estimate of drug-likeness (QED) is 0.567. The van der Waals surface area contributed by atoms with Gasteiger partial charge in [0, 0.05) is 5.10 Å². The third-order valence-corrected chi connectivity index (χ3v) is 1.83. The average Bonchev–Trinajstić information content (AvgIpc) is 2.62. The normalized spacial score (nSPS) is 12.3. The van der Waals surface area contributed by atoms with Crippen LogP contribution in [0.3, 0.4) is 0 Å². The van der Waals surface area contributed by atoms with Crippen molar-refractivity contribution in [2.24, 2.45) is 0 Å². The molecule has 8 heteroatoms. The number of carboxylic acid groups (broad SMARTS) is 1. The van der Waals surface area contributed by atoms with E-state index >= 15 is 0 Å². The molecule has 15 heavy (non-hydrogen) atoms. The third kappa shape index (κ3) is 2.48. The number of carbonyl (C=O) groups is 1. The van der Waals surface area contributed by atoms with Crippen molar-refractivity contribution in [3.63, 3.8) is 0 Å². The summed E-state index contributed by atoms with van der Waals surface area (Å²) in [6.45, 7) is 1.82. The van der Waals surface area contributed by atoms with Crippen LogP contribution in [0.2, 0.25) is 0 Å². The van der Waals surface area contributed by atoms with Crippen LogP contribution in [0.15, 0.2) is 6.33 Å². The van der Waals surface area contributed by atoms with Gasteiger partial charge in [-0.05, 0) is 11.3 Å². The summed E-state index contributed by atoms with van der Waals surface area (Å²) in [5.41, 5.74) is 0. The van der Waals surface area contributed by atoms with E-state index in [0.29, 0.717) is 12.8 Å². The van der Waals surface area contributed by atoms with Crippen molar-refractivity contribution in [2.75, 3.05) is 0 Å². The van der Waals surface area contributed by atoms with Crippen LogP contribution in [0.5, 0.6) is 0 Å². The number of nitrogens with zero attached hydrogens (tertiary/aromatic N) is 4. The molecule has 1 aromatic rings. The van der Waals surface area contributed by atoms with E-state index in [1.807, 2.05) is 6.92 Å². The largest absolute Gasteiger partial charge is 0.490 e. The highest BCUT2D eigenvalue weighted by Crippen LogP contribution is 2.14. The maximum absolute atomic E-state index is 10.8. The van der Waals surface area contributed by atoms with Crippen molar-refractivity contribution in [1.82, 2.24) is 14.8 Å². The van der Waals surface area contributed by atoms with Crippen LogP contribution in [0.4, 0.5) is 5.95 Å². The monoisotopic (exact) mass is 214 g/mol. The molecule has 0 bridgehead atoms. The van der Waals surface area contributed by atoms with Gasteiger partial charge in [0.25, 0.3) is 0 Å². The van der Waals surface area contributed by atoms with E-state index in [0.717, 1.165) is 11.0 Å². The molecular weight excluding hydrogens is 204 g/mol. The molecule has 1 N–H and O–H groups in total. The second-order valence-corrected chi connectivity index (χ2v) is 2.92. The van der Waals surface area contributed by atoms with Crippen molar-refractivity contribution in [1.29, 1.82) is 0 Å². The minimum atomic E-state index is -1.07. The van der Waals surface area contributed by atoms with E-state index in [9.17, 15) is 14.9 Å². The zero-order chi connectivity index (χ0) is 11.4. The van der Waals surface area contributed by atoms with Gasteiger partial charge in [-0.3, -0.25) is 0 Å². The Morgan fingerprint density at radius 2 is 2.47 bits per heavy atom. The summed E-state index contributed by atoms with van der Waals surface area (Å²) in [5.74, 6) is -1.66. The first-order chi connectivity index (χ1) is 7.06. The maximum atomic E-state index is 10.8. The molecule has 0 saturated carbocycles. The van der Waals surface area contributed by atoms with Crippen molar-refractivity contribution < 1.29 is 14.8 Å². The zero-order valence-electron chi connectivity index (χ0n) is 8.03. The summed E-state index contributed by atoms with van der Waals surface area (Å²) in [7, 11) is 0. The van der Waals surface area contributed by atoms with Crippen LogP contribution in [0, 0.1) is 10.1 Å². The topological polar surface area (TPSA) is 111 Å². The molecule has 0 amide bonds. The van der Waals surface area contributed by atoms with Crippen molar-refractivity contribution in [3.8, 4) is 0 Å². The Hall–Kier alpha value is -1.99. The number of nitro groups is 1. The SMILES string of the molecule is CCCC(C(=O)O)n1cnc([N+](=O)[O-])n1. The molecule has 0 aliphatic heterocycles. The Morgan fingerprint density at radius 1 is 1.80 bits per heavy atom. The molecule has 0 aliphatic rings. The molecule has 0 radical (unpaired) electrons. The number of rotatable bonds is 5. The van der Waals surface area contributed by atoms with Gasteiger partial charge in [-0.25, -0.2) is 4.79 Å². The molecule has 1 heterocycles. The predicted molar refractivity (Wildman–Crippen MR) is 48.3 cm³/mol. The highest BCUT2D eigenvalue weighted by Gasteiger charge is 2.25. The summed E-state index contributed by atoms with van der Waals surface area (Å²) in [4.78, 5) is 23.7. The van der Waals surface area contributed by atoms with Crippen molar-refractivity contribution >= 4 is 11.9 Å². The molecular formula is C7H10N4O4. The summed E-state index contributed by atoms with van der Waals surface area (Å²) in [6.07, 6.45) is 2.06. The lowest BCUT2D eigenvalue weighted by molar-refractivity contribution is -0.394. The highest BCUT2D eigenvalue weighted by molar-refractivity contribution is 5.71. The first-order valence-electron chi connectivity index (χ1n) is 4.34. The molecule has 0 fully saturated rings. The van der Waals surface area contributed by atoms with Gasteiger partial charge in [-0.2, -0.15) is 4.68 Å². The minimum absolute atomic E-state index is 0.357. The molecule has 1 aromatic heterocycles.